The van der Waals surface area contributed by atoms with E-state index in [0.29, 0.717) is 6.04 Å². The molecule has 0 aliphatic carbocycles. The van der Waals surface area contributed by atoms with Crippen molar-refractivity contribution in [3.05, 3.63) is 36.5 Å². The summed E-state index contributed by atoms with van der Waals surface area (Å²) in [4.78, 5) is 8.26. The Bertz CT molecular complexity index is 464. The fourth-order valence-corrected chi connectivity index (χ4v) is 2.07. The van der Waals surface area contributed by atoms with Gasteiger partial charge in [-0.05, 0) is 12.5 Å². The van der Waals surface area contributed by atoms with Crippen molar-refractivity contribution < 1.29 is 0 Å². The van der Waals surface area contributed by atoms with Crippen molar-refractivity contribution in [3.63, 3.8) is 0 Å². The molecule has 0 radical (unpaired) electrons. The van der Waals surface area contributed by atoms with Crippen molar-refractivity contribution in [2.24, 2.45) is 0 Å². The number of fused-ring (bicyclic) bond motifs is 1. The molecule has 0 amide bonds. The number of nitrogens with one attached hydrogen (secondary N) is 1. The van der Waals surface area contributed by atoms with Gasteiger partial charge in [-0.25, -0.2) is 4.98 Å². The van der Waals surface area contributed by atoms with Gasteiger partial charge in [0.1, 0.15) is 5.82 Å². The van der Waals surface area contributed by atoms with Crippen molar-refractivity contribution in [2.45, 2.75) is 25.4 Å². The summed E-state index contributed by atoms with van der Waals surface area (Å²) < 4.78 is 2.06. The maximum Gasteiger partial charge on any atom is 0.144 e. The van der Waals surface area contributed by atoms with Crippen LogP contribution >= 0.6 is 0 Å². The molecule has 16 heavy (non-hydrogen) atoms. The zero-order chi connectivity index (χ0) is 10.8. The number of hydrogen-bond donors (Lipinski definition) is 1. The van der Waals surface area contributed by atoms with E-state index >= 15 is 0 Å². The van der Waals surface area contributed by atoms with Crippen molar-refractivity contribution in [2.75, 3.05) is 5.32 Å². The Labute approximate surface area is 93.5 Å². The molecule has 0 bridgehead atoms. The smallest absolute Gasteiger partial charge is 0.144 e. The molecule has 0 spiro atoms. The molecule has 1 aliphatic rings. The van der Waals surface area contributed by atoms with Gasteiger partial charge < -0.3 is 5.32 Å². The molecule has 2 aromatic heterocycles. The summed E-state index contributed by atoms with van der Waals surface area (Å²) in [6, 6.07) is 2.51. The maximum atomic E-state index is 4.26. The Morgan fingerprint density at radius 1 is 1.31 bits per heavy atom. The fourth-order valence-electron chi connectivity index (χ4n) is 2.07. The number of aromatic nitrogens is 4. The van der Waals surface area contributed by atoms with Gasteiger partial charge in [-0.2, -0.15) is 5.10 Å². The van der Waals surface area contributed by atoms with Crippen LogP contribution in [0.2, 0.25) is 0 Å². The van der Waals surface area contributed by atoms with Crippen LogP contribution in [0.4, 0.5) is 5.82 Å². The first-order valence-corrected chi connectivity index (χ1v) is 5.45. The van der Waals surface area contributed by atoms with Crippen LogP contribution in [-0.4, -0.2) is 25.8 Å². The zero-order valence-corrected chi connectivity index (χ0v) is 8.87. The molecule has 2 aromatic rings. The highest BCUT2D eigenvalue weighted by Gasteiger charge is 2.18. The van der Waals surface area contributed by atoms with Crippen molar-refractivity contribution in [1.82, 2.24) is 19.7 Å². The molecular formula is C11H13N5. The van der Waals surface area contributed by atoms with Gasteiger partial charge in [0.15, 0.2) is 0 Å². The lowest BCUT2D eigenvalue weighted by Gasteiger charge is -2.24. The maximum absolute atomic E-state index is 4.26. The van der Waals surface area contributed by atoms with E-state index in [9.17, 15) is 0 Å². The van der Waals surface area contributed by atoms with E-state index in [1.165, 1.54) is 5.69 Å². The number of anilines is 1. The van der Waals surface area contributed by atoms with Gasteiger partial charge in [0.25, 0.3) is 0 Å². The molecule has 1 N–H and O–H groups in total. The Hall–Kier alpha value is -1.91. The van der Waals surface area contributed by atoms with Crippen LogP contribution in [0.15, 0.2) is 30.9 Å². The first-order chi connectivity index (χ1) is 7.92. The van der Waals surface area contributed by atoms with Gasteiger partial charge in [0.05, 0.1) is 6.20 Å². The van der Waals surface area contributed by atoms with Crippen LogP contribution in [0, 0.1) is 0 Å². The molecule has 5 nitrogen and oxygen atoms in total. The van der Waals surface area contributed by atoms with Gasteiger partial charge in [0, 0.05) is 43.3 Å². The van der Waals surface area contributed by atoms with E-state index in [4.69, 9.17) is 0 Å². The average Bonchev–Trinajstić information content (AvgIpc) is 2.77. The summed E-state index contributed by atoms with van der Waals surface area (Å²) in [6.07, 6.45) is 9.07. The number of rotatable bonds is 2. The van der Waals surface area contributed by atoms with Gasteiger partial charge in [-0.1, -0.05) is 0 Å². The minimum atomic E-state index is 0.431. The van der Waals surface area contributed by atoms with Crippen molar-refractivity contribution in [3.8, 4) is 0 Å². The standard InChI is InChI=1S/C11H13N5/c1-3-14-16-6-2-9(7-10(1)16)15-11-8-12-4-5-13-11/h1,3-5,8-9H,2,6-7H2,(H,13,15). The summed E-state index contributed by atoms with van der Waals surface area (Å²) in [6.45, 7) is 0.972. The lowest BCUT2D eigenvalue weighted by molar-refractivity contribution is 0.455. The monoisotopic (exact) mass is 215 g/mol. The van der Waals surface area contributed by atoms with E-state index in [1.54, 1.807) is 18.6 Å². The predicted octanol–water partition coefficient (Wildman–Crippen LogP) is 1.10. The molecule has 0 saturated heterocycles. The quantitative estimate of drug-likeness (QED) is 0.815. The Kier molecular flexibility index (Phi) is 2.29. The summed E-state index contributed by atoms with van der Waals surface area (Å²) in [5, 5.41) is 7.66. The average molecular weight is 215 g/mol. The molecular weight excluding hydrogens is 202 g/mol. The normalized spacial score (nSPS) is 19.1. The highest BCUT2D eigenvalue weighted by atomic mass is 15.3. The minimum Gasteiger partial charge on any atom is -0.366 e. The number of nitrogens with zero attached hydrogens (tertiary/aromatic N) is 4. The lowest BCUT2D eigenvalue weighted by atomic mass is 10.0. The van der Waals surface area contributed by atoms with E-state index < -0.39 is 0 Å². The van der Waals surface area contributed by atoms with Gasteiger partial charge in [-0.3, -0.25) is 9.67 Å². The molecule has 1 aliphatic heterocycles. The largest absolute Gasteiger partial charge is 0.366 e. The minimum absolute atomic E-state index is 0.431. The van der Waals surface area contributed by atoms with Crippen LogP contribution in [0.1, 0.15) is 12.1 Å². The van der Waals surface area contributed by atoms with Crippen LogP contribution in [0.25, 0.3) is 0 Å². The molecule has 5 heteroatoms. The van der Waals surface area contributed by atoms with Gasteiger partial charge in [-0.15, -0.1) is 0 Å². The highest BCUT2D eigenvalue weighted by molar-refractivity contribution is 5.32. The van der Waals surface area contributed by atoms with Crippen LogP contribution in [0.3, 0.4) is 0 Å². The summed E-state index contributed by atoms with van der Waals surface area (Å²) in [5.41, 5.74) is 1.28. The summed E-state index contributed by atoms with van der Waals surface area (Å²) in [7, 11) is 0. The molecule has 1 atom stereocenters. The number of hydrogen-bond acceptors (Lipinski definition) is 4. The van der Waals surface area contributed by atoms with Crippen molar-refractivity contribution in [1.29, 1.82) is 0 Å². The molecule has 0 saturated carbocycles. The second-order valence-corrected chi connectivity index (χ2v) is 3.97. The predicted molar refractivity (Wildman–Crippen MR) is 60.0 cm³/mol. The lowest BCUT2D eigenvalue weighted by Crippen LogP contribution is -2.30. The molecule has 82 valence electrons. The van der Waals surface area contributed by atoms with Gasteiger partial charge >= 0.3 is 0 Å². The van der Waals surface area contributed by atoms with Crippen LogP contribution < -0.4 is 5.32 Å². The third kappa shape index (κ3) is 1.76. The molecule has 0 fully saturated rings. The first kappa shape index (κ1) is 9.33. The fraction of sp³-hybridized carbons (Fsp3) is 0.364. The van der Waals surface area contributed by atoms with E-state index in [0.717, 1.165) is 25.2 Å². The number of aryl methyl sites for hydroxylation is 1. The van der Waals surface area contributed by atoms with E-state index in [-0.39, 0.29) is 0 Å². The molecule has 0 aromatic carbocycles. The van der Waals surface area contributed by atoms with E-state index in [1.807, 2.05) is 6.20 Å². The molecule has 1 unspecified atom stereocenters. The van der Waals surface area contributed by atoms with Crippen LogP contribution in [-0.2, 0) is 13.0 Å². The second kappa shape index (κ2) is 3.92. The van der Waals surface area contributed by atoms with Crippen molar-refractivity contribution >= 4 is 5.82 Å². The van der Waals surface area contributed by atoms with Gasteiger partial charge in [0.2, 0.25) is 0 Å². The molecule has 3 heterocycles. The van der Waals surface area contributed by atoms with Crippen LogP contribution in [0.5, 0.6) is 0 Å². The first-order valence-electron chi connectivity index (χ1n) is 5.45. The Morgan fingerprint density at radius 2 is 2.31 bits per heavy atom. The SMILES string of the molecule is c1cnc(NC2CCn3nccc3C2)cn1. The Balaban J connectivity index is 1.71. The summed E-state index contributed by atoms with van der Waals surface area (Å²) in [5.74, 6) is 0.848. The highest BCUT2D eigenvalue weighted by Crippen LogP contribution is 2.16. The van der Waals surface area contributed by atoms with E-state index in [2.05, 4.69) is 31.1 Å². The Morgan fingerprint density at radius 3 is 3.19 bits per heavy atom. The zero-order valence-electron chi connectivity index (χ0n) is 8.87. The third-order valence-electron chi connectivity index (χ3n) is 2.86. The second-order valence-electron chi connectivity index (χ2n) is 3.97. The summed E-state index contributed by atoms with van der Waals surface area (Å²) >= 11 is 0. The molecule has 3 rings (SSSR count). The third-order valence-corrected chi connectivity index (χ3v) is 2.86. The topological polar surface area (TPSA) is 55.6 Å².